The van der Waals surface area contributed by atoms with Gasteiger partial charge in [-0.15, -0.1) is 0 Å². The van der Waals surface area contributed by atoms with E-state index in [1.165, 1.54) is 10.1 Å². The molecule has 6 nitrogen and oxygen atoms in total. The molecule has 39 heavy (non-hydrogen) atoms. The first kappa shape index (κ1) is 26.6. The van der Waals surface area contributed by atoms with Gasteiger partial charge in [0, 0.05) is 41.3 Å². The number of ether oxygens (including phenoxy) is 1. The number of hydrogen-bond donors (Lipinski definition) is 0. The smallest absolute Gasteiger partial charge is 0.282 e. The van der Waals surface area contributed by atoms with E-state index in [1.807, 2.05) is 88.3 Å². The number of aromatic nitrogens is 2. The summed E-state index contributed by atoms with van der Waals surface area (Å²) in [6, 6.07) is 26.0. The van der Waals surface area contributed by atoms with Crippen LogP contribution in [0.3, 0.4) is 0 Å². The number of anilines is 1. The standard InChI is InChI=1S/C32H31BrN4O2/c1-32(2,3)31-35-28-16-14-24(33)17-27(28)30(38)37(31)34-19-22-13-15-25(36(4)5)18-29(22)39-20-23-11-8-10-21-9-6-7-12-26(21)23/h6-19H,20H2,1-5H3. The van der Waals surface area contributed by atoms with Gasteiger partial charge in [0.2, 0.25) is 0 Å². The van der Waals surface area contributed by atoms with Crippen molar-refractivity contribution in [2.45, 2.75) is 32.8 Å². The third-order valence-corrected chi connectivity index (χ3v) is 7.06. The Morgan fingerprint density at radius 1 is 0.974 bits per heavy atom. The molecule has 0 amide bonds. The highest BCUT2D eigenvalue weighted by Crippen LogP contribution is 2.27. The zero-order valence-electron chi connectivity index (χ0n) is 22.8. The van der Waals surface area contributed by atoms with Gasteiger partial charge in [-0.1, -0.05) is 79.2 Å². The quantitative estimate of drug-likeness (QED) is 0.200. The van der Waals surface area contributed by atoms with Crippen molar-refractivity contribution < 1.29 is 4.74 Å². The van der Waals surface area contributed by atoms with Gasteiger partial charge in [-0.3, -0.25) is 4.79 Å². The fourth-order valence-electron chi connectivity index (χ4n) is 4.47. The first-order valence-electron chi connectivity index (χ1n) is 12.8. The van der Waals surface area contributed by atoms with Gasteiger partial charge in [-0.05, 0) is 46.7 Å². The topological polar surface area (TPSA) is 59.7 Å². The number of benzene rings is 4. The molecule has 0 radical (unpaired) electrons. The van der Waals surface area contributed by atoms with Crippen molar-refractivity contribution in [3.8, 4) is 5.75 Å². The fourth-order valence-corrected chi connectivity index (χ4v) is 4.83. The predicted octanol–water partition coefficient (Wildman–Crippen LogP) is 7.14. The monoisotopic (exact) mass is 582 g/mol. The second kappa shape index (κ2) is 10.7. The summed E-state index contributed by atoms with van der Waals surface area (Å²) in [6.45, 7) is 6.47. The molecule has 0 fully saturated rings. The molecule has 7 heteroatoms. The van der Waals surface area contributed by atoms with E-state index in [9.17, 15) is 4.79 Å². The third-order valence-electron chi connectivity index (χ3n) is 6.57. The van der Waals surface area contributed by atoms with Crippen LogP contribution < -0.4 is 15.2 Å². The molecule has 0 saturated carbocycles. The highest BCUT2D eigenvalue weighted by atomic mass is 79.9. The van der Waals surface area contributed by atoms with Crippen molar-refractivity contribution in [3.63, 3.8) is 0 Å². The van der Waals surface area contributed by atoms with Crippen molar-refractivity contribution in [3.05, 3.63) is 111 Å². The molecule has 0 bridgehead atoms. The van der Waals surface area contributed by atoms with Crippen LogP contribution in [0.25, 0.3) is 21.7 Å². The van der Waals surface area contributed by atoms with Gasteiger partial charge < -0.3 is 9.64 Å². The summed E-state index contributed by atoms with van der Waals surface area (Å²) >= 11 is 3.47. The third kappa shape index (κ3) is 5.59. The molecule has 0 saturated heterocycles. The fraction of sp³-hybridized carbons (Fsp3) is 0.219. The summed E-state index contributed by atoms with van der Waals surface area (Å²) in [5.74, 6) is 1.27. The van der Waals surface area contributed by atoms with Gasteiger partial charge >= 0.3 is 0 Å². The van der Waals surface area contributed by atoms with E-state index in [2.05, 4.69) is 45.3 Å². The molecule has 0 unspecified atom stereocenters. The van der Waals surface area contributed by atoms with Gasteiger partial charge in [-0.25, -0.2) is 4.98 Å². The Morgan fingerprint density at radius 2 is 1.74 bits per heavy atom. The van der Waals surface area contributed by atoms with Crippen molar-refractivity contribution in [2.75, 3.05) is 19.0 Å². The molecule has 0 aliphatic rings. The lowest BCUT2D eigenvalue weighted by atomic mass is 9.95. The summed E-state index contributed by atoms with van der Waals surface area (Å²) in [4.78, 5) is 20.4. The van der Waals surface area contributed by atoms with Gasteiger partial charge in [0.1, 0.15) is 18.2 Å². The Bertz CT molecular complexity index is 1760. The summed E-state index contributed by atoms with van der Waals surface area (Å²) < 4.78 is 8.62. The van der Waals surface area contributed by atoms with Crippen molar-refractivity contribution in [2.24, 2.45) is 5.10 Å². The predicted molar refractivity (Wildman–Crippen MR) is 164 cm³/mol. The molecule has 0 atom stereocenters. The van der Waals surface area contributed by atoms with Crippen LogP contribution in [0.5, 0.6) is 5.75 Å². The van der Waals surface area contributed by atoms with Gasteiger partial charge in [0.15, 0.2) is 0 Å². The van der Waals surface area contributed by atoms with Crippen LogP contribution in [-0.2, 0) is 12.0 Å². The molecule has 0 aliphatic heterocycles. The molecule has 5 aromatic rings. The Balaban J connectivity index is 1.57. The maximum atomic E-state index is 13.6. The molecule has 0 N–H and O–H groups in total. The minimum atomic E-state index is -0.403. The van der Waals surface area contributed by atoms with Crippen molar-refractivity contribution >= 4 is 49.5 Å². The van der Waals surface area contributed by atoms with E-state index in [1.54, 1.807) is 12.3 Å². The lowest BCUT2D eigenvalue weighted by Crippen LogP contribution is -2.29. The van der Waals surface area contributed by atoms with Crippen molar-refractivity contribution in [1.82, 2.24) is 9.66 Å². The highest BCUT2D eigenvalue weighted by Gasteiger charge is 2.23. The lowest BCUT2D eigenvalue weighted by Gasteiger charge is -2.21. The largest absolute Gasteiger partial charge is 0.488 e. The Hall–Kier alpha value is -3.97. The normalized spacial score (nSPS) is 11.9. The van der Waals surface area contributed by atoms with Crippen LogP contribution in [0, 0.1) is 0 Å². The Labute approximate surface area is 236 Å². The molecule has 5 rings (SSSR count). The highest BCUT2D eigenvalue weighted by molar-refractivity contribution is 9.10. The minimum absolute atomic E-state index is 0.217. The Morgan fingerprint density at radius 3 is 2.51 bits per heavy atom. The lowest BCUT2D eigenvalue weighted by molar-refractivity contribution is 0.307. The first-order valence-corrected chi connectivity index (χ1v) is 13.6. The Kier molecular flexibility index (Phi) is 7.28. The molecule has 1 aromatic heterocycles. The van der Waals surface area contributed by atoms with E-state index in [0.717, 1.165) is 26.7 Å². The SMILES string of the molecule is CN(C)c1ccc(C=Nn2c(C(C)(C)C)nc3ccc(Br)cc3c2=O)c(OCc2cccc3ccccc23)c1. The number of nitrogens with zero attached hydrogens (tertiary/aromatic N) is 4. The van der Waals surface area contributed by atoms with Crippen molar-refractivity contribution in [1.29, 1.82) is 0 Å². The van der Waals surface area contributed by atoms with E-state index in [-0.39, 0.29) is 5.56 Å². The second-order valence-electron chi connectivity index (χ2n) is 10.8. The van der Waals surface area contributed by atoms with Crippen LogP contribution in [0.2, 0.25) is 0 Å². The van der Waals surface area contributed by atoms with Crippen LogP contribution in [0.1, 0.15) is 37.7 Å². The van der Waals surface area contributed by atoms with E-state index in [0.29, 0.717) is 29.1 Å². The van der Waals surface area contributed by atoms with Crippen LogP contribution in [0.15, 0.2) is 93.2 Å². The minimum Gasteiger partial charge on any atom is -0.488 e. The average Bonchev–Trinajstić information content (AvgIpc) is 2.91. The van der Waals surface area contributed by atoms with Gasteiger partial charge in [-0.2, -0.15) is 9.78 Å². The zero-order valence-corrected chi connectivity index (χ0v) is 24.4. The summed E-state index contributed by atoms with van der Waals surface area (Å²) in [5, 5.41) is 7.51. The van der Waals surface area contributed by atoms with E-state index in [4.69, 9.17) is 9.72 Å². The molecule has 0 spiro atoms. The summed E-state index contributed by atoms with van der Waals surface area (Å²) in [5.41, 5.74) is 2.90. The van der Waals surface area contributed by atoms with Crippen LogP contribution in [0.4, 0.5) is 5.69 Å². The summed E-state index contributed by atoms with van der Waals surface area (Å²) in [7, 11) is 3.98. The van der Waals surface area contributed by atoms with Crippen LogP contribution >= 0.6 is 15.9 Å². The molecular formula is C32H31BrN4O2. The number of fused-ring (bicyclic) bond motifs is 2. The number of rotatable bonds is 6. The average molecular weight is 584 g/mol. The van der Waals surface area contributed by atoms with E-state index >= 15 is 0 Å². The number of halogens is 1. The van der Waals surface area contributed by atoms with Crippen LogP contribution in [-0.4, -0.2) is 30.0 Å². The molecule has 4 aromatic carbocycles. The maximum Gasteiger partial charge on any atom is 0.282 e. The molecule has 0 aliphatic carbocycles. The first-order chi connectivity index (χ1) is 18.6. The summed E-state index contributed by atoms with van der Waals surface area (Å²) in [6.07, 6.45) is 1.68. The zero-order chi connectivity index (χ0) is 27.7. The van der Waals surface area contributed by atoms with E-state index < -0.39 is 5.41 Å². The molecular weight excluding hydrogens is 552 g/mol. The molecule has 198 valence electrons. The van der Waals surface area contributed by atoms with Gasteiger partial charge in [0.25, 0.3) is 5.56 Å². The van der Waals surface area contributed by atoms with Gasteiger partial charge in [0.05, 0.1) is 17.1 Å². The maximum absolute atomic E-state index is 13.6. The molecule has 1 heterocycles. The number of hydrogen-bond acceptors (Lipinski definition) is 5. The second-order valence-corrected chi connectivity index (χ2v) is 11.7.